The molecule has 0 bridgehead atoms. The summed E-state index contributed by atoms with van der Waals surface area (Å²) in [4.78, 5) is 17.8. The molecule has 5 nitrogen and oxygen atoms in total. The predicted octanol–water partition coefficient (Wildman–Crippen LogP) is -0.133. The molecule has 1 aliphatic rings. The Morgan fingerprint density at radius 1 is 1.44 bits per heavy atom. The molecule has 1 aromatic rings. The third kappa shape index (κ3) is 2.49. The SMILES string of the molecule is NCc1cccc(N2CCNC(=O)CC2)n1. The van der Waals surface area contributed by atoms with Crippen LogP contribution in [0.15, 0.2) is 18.2 Å². The lowest BCUT2D eigenvalue weighted by Crippen LogP contribution is -2.29. The van der Waals surface area contributed by atoms with Crippen LogP contribution in [-0.4, -0.2) is 30.5 Å². The number of nitrogens with zero attached hydrogens (tertiary/aromatic N) is 2. The first-order valence-corrected chi connectivity index (χ1v) is 5.47. The minimum Gasteiger partial charge on any atom is -0.354 e. The van der Waals surface area contributed by atoms with Crippen molar-refractivity contribution in [2.45, 2.75) is 13.0 Å². The second kappa shape index (κ2) is 4.94. The largest absolute Gasteiger partial charge is 0.354 e. The van der Waals surface area contributed by atoms with Crippen LogP contribution in [-0.2, 0) is 11.3 Å². The van der Waals surface area contributed by atoms with Crippen molar-refractivity contribution in [1.29, 1.82) is 0 Å². The highest BCUT2D eigenvalue weighted by Gasteiger charge is 2.14. The molecular weight excluding hydrogens is 204 g/mol. The number of anilines is 1. The number of carbonyl (C=O) groups excluding carboxylic acids is 1. The molecule has 1 saturated heterocycles. The van der Waals surface area contributed by atoms with Gasteiger partial charge in [-0.3, -0.25) is 4.79 Å². The third-order valence-electron chi connectivity index (χ3n) is 2.64. The van der Waals surface area contributed by atoms with Gasteiger partial charge in [0.05, 0.1) is 5.69 Å². The second-order valence-corrected chi connectivity index (χ2v) is 3.78. The van der Waals surface area contributed by atoms with E-state index >= 15 is 0 Å². The highest BCUT2D eigenvalue weighted by atomic mass is 16.1. The zero-order valence-corrected chi connectivity index (χ0v) is 9.15. The molecular formula is C11H16N4O. The van der Waals surface area contributed by atoms with E-state index in [0.29, 0.717) is 26.1 Å². The lowest BCUT2D eigenvalue weighted by Gasteiger charge is -2.20. The standard InChI is InChI=1S/C11H16N4O/c12-8-9-2-1-3-10(14-9)15-6-4-11(16)13-5-7-15/h1-3H,4-8,12H2,(H,13,16). The Morgan fingerprint density at radius 2 is 2.31 bits per heavy atom. The Kier molecular flexibility index (Phi) is 3.36. The van der Waals surface area contributed by atoms with Crippen LogP contribution in [0.25, 0.3) is 0 Å². The minimum absolute atomic E-state index is 0.109. The van der Waals surface area contributed by atoms with E-state index in [1.54, 1.807) is 0 Å². The van der Waals surface area contributed by atoms with E-state index in [9.17, 15) is 4.79 Å². The fourth-order valence-electron chi connectivity index (χ4n) is 1.75. The van der Waals surface area contributed by atoms with E-state index in [1.807, 2.05) is 18.2 Å². The zero-order valence-electron chi connectivity index (χ0n) is 9.15. The zero-order chi connectivity index (χ0) is 11.4. The van der Waals surface area contributed by atoms with Crippen LogP contribution >= 0.6 is 0 Å². The molecule has 3 N–H and O–H groups in total. The number of rotatable bonds is 2. The average Bonchev–Trinajstić information content (AvgIpc) is 2.54. The summed E-state index contributed by atoms with van der Waals surface area (Å²) < 4.78 is 0. The number of hydrogen-bond donors (Lipinski definition) is 2. The number of amides is 1. The van der Waals surface area contributed by atoms with E-state index in [0.717, 1.165) is 18.1 Å². The molecule has 0 spiro atoms. The van der Waals surface area contributed by atoms with Gasteiger partial charge in [0, 0.05) is 32.6 Å². The van der Waals surface area contributed by atoms with E-state index in [-0.39, 0.29) is 5.91 Å². The summed E-state index contributed by atoms with van der Waals surface area (Å²) in [6.07, 6.45) is 0.522. The van der Waals surface area contributed by atoms with Crippen molar-refractivity contribution in [3.8, 4) is 0 Å². The van der Waals surface area contributed by atoms with Crippen molar-refractivity contribution < 1.29 is 4.79 Å². The summed E-state index contributed by atoms with van der Waals surface area (Å²) in [6, 6.07) is 5.81. The van der Waals surface area contributed by atoms with Gasteiger partial charge in [-0.1, -0.05) is 6.07 Å². The molecule has 16 heavy (non-hydrogen) atoms. The van der Waals surface area contributed by atoms with Gasteiger partial charge in [-0.05, 0) is 12.1 Å². The molecule has 0 saturated carbocycles. The third-order valence-corrected chi connectivity index (χ3v) is 2.64. The van der Waals surface area contributed by atoms with Crippen molar-refractivity contribution in [1.82, 2.24) is 10.3 Å². The molecule has 0 unspecified atom stereocenters. The summed E-state index contributed by atoms with van der Waals surface area (Å²) >= 11 is 0. The first-order valence-electron chi connectivity index (χ1n) is 5.47. The van der Waals surface area contributed by atoms with Gasteiger partial charge < -0.3 is 16.0 Å². The molecule has 0 radical (unpaired) electrons. The molecule has 5 heteroatoms. The van der Waals surface area contributed by atoms with Crippen LogP contribution in [0.2, 0.25) is 0 Å². The molecule has 0 atom stereocenters. The van der Waals surface area contributed by atoms with Crippen LogP contribution in [0.4, 0.5) is 5.82 Å². The highest BCUT2D eigenvalue weighted by molar-refractivity contribution is 5.77. The normalized spacial score (nSPS) is 16.8. The smallest absolute Gasteiger partial charge is 0.221 e. The Morgan fingerprint density at radius 3 is 3.12 bits per heavy atom. The van der Waals surface area contributed by atoms with Crippen LogP contribution in [0.3, 0.4) is 0 Å². The average molecular weight is 220 g/mol. The molecule has 2 heterocycles. The fourth-order valence-corrected chi connectivity index (χ4v) is 1.75. The van der Waals surface area contributed by atoms with Gasteiger partial charge in [-0.15, -0.1) is 0 Å². The van der Waals surface area contributed by atoms with Gasteiger partial charge in [0.1, 0.15) is 5.82 Å². The summed E-state index contributed by atoms with van der Waals surface area (Å²) in [7, 11) is 0. The van der Waals surface area contributed by atoms with E-state index in [4.69, 9.17) is 5.73 Å². The van der Waals surface area contributed by atoms with E-state index in [2.05, 4.69) is 15.2 Å². The molecule has 1 aromatic heterocycles. The molecule has 0 aromatic carbocycles. The molecule has 0 aliphatic carbocycles. The van der Waals surface area contributed by atoms with Crippen LogP contribution in [0.5, 0.6) is 0 Å². The van der Waals surface area contributed by atoms with Gasteiger partial charge in [-0.25, -0.2) is 4.98 Å². The maximum Gasteiger partial charge on any atom is 0.221 e. The number of pyridine rings is 1. The Hall–Kier alpha value is -1.62. The Labute approximate surface area is 94.6 Å². The highest BCUT2D eigenvalue weighted by Crippen LogP contribution is 2.12. The summed E-state index contributed by atoms with van der Waals surface area (Å²) in [5.41, 5.74) is 6.43. The van der Waals surface area contributed by atoms with Gasteiger partial charge in [0.25, 0.3) is 0 Å². The lowest BCUT2D eigenvalue weighted by molar-refractivity contribution is -0.120. The van der Waals surface area contributed by atoms with E-state index in [1.165, 1.54) is 0 Å². The molecule has 1 amide bonds. The monoisotopic (exact) mass is 220 g/mol. The maximum atomic E-state index is 11.2. The van der Waals surface area contributed by atoms with Crippen LogP contribution in [0.1, 0.15) is 12.1 Å². The molecule has 1 fully saturated rings. The Balaban J connectivity index is 2.13. The van der Waals surface area contributed by atoms with Crippen molar-refractivity contribution in [2.24, 2.45) is 5.73 Å². The van der Waals surface area contributed by atoms with Crippen LogP contribution < -0.4 is 16.0 Å². The fraction of sp³-hybridized carbons (Fsp3) is 0.455. The number of aromatic nitrogens is 1. The number of nitrogens with one attached hydrogen (secondary N) is 1. The second-order valence-electron chi connectivity index (χ2n) is 3.78. The van der Waals surface area contributed by atoms with Crippen molar-refractivity contribution in [3.63, 3.8) is 0 Å². The van der Waals surface area contributed by atoms with Crippen molar-refractivity contribution >= 4 is 11.7 Å². The van der Waals surface area contributed by atoms with Crippen molar-refractivity contribution in [3.05, 3.63) is 23.9 Å². The van der Waals surface area contributed by atoms with Gasteiger partial charge >= 0.3 is 0 Å². The van der Waals surface area contributed by atoms with Gasteiger partial charge in [0.15, 0.2) is 0 Å². The van der Waals surface area contributed by atoms with Gasteiger partial charge in [0.2, 0.25) is 5.91 Å². The maximum absolute atomic E-state index is 11.2. The summed E-state index contributed by atoms with van der Waals surface area (Å²) in [5.74, 6) is 1.01. The Bertz CT molecular complexity index is 380. The van der Waals surface area contributed by atoms with E-state index < -0.39 is 0 Å². The first kappa shape index (κ1) is 10.9. The van der Waals surface area contributed by atoms with Gasteiger partial charge in [-0.2, -0.15) is 0 Å². The molecule has 2 rings (SSSR count). The predicted molar refractivity (Wildman–Crippen MR) is 62.0 cm³/mol. The lowest BCUT2D eigenvalue weighted by atomic mass is 10.3. The van der Waals surface area contributed by atoms with Crippen molar-refractivity contribution in [2.75, 3.05) is 24.5 Å². The minimum atomic E-state index is 0.109. The number of hydrogen-bond acceptors (Lipinski definition) is 4. The molecule has 1 aliphatic heterocycles. The van der Waals surface area contributed by atoms with Crippen LogP contribution in [0, 0.1) is 0 Å². The summed E-state index contributed by atoms with van der Waals surface area (Å²) in [6.45, 7) is 2.63. The quantitative estimate of drug-likeness (QED) is 0.728. The molecule has 86 valence electrons. The first-order chi connectivity index (χ1) is 7.79. The topological polar surface area (TPSA) is 71.2 Å². The number of nitrogens with two attached hydrogens (primary N) is 1. The summed E-state index contributed by atoms with van der Waals surface area (Å²) in [5, 5.41) is 2.84. The number of carbonyl (C=O) groups is 1.